The van der Waals surface area contributed by atoms with E-state index in [1.807, 2.05) is 0 Å². The lowest BCUT2D eigenvalue weighted by Crippen LogP contribution is -2.37. The van der Waals surface area contributed by atoms with Crippen LogP contribution < -0.4 is 9.62 Å². The molecule has 8 nitrogen and oxygen atoms in total. The van der Waals surface area contributed by atoms with E-state index in [9.17, 15) is 21.6 Å². The highest BCUT2D eigenvalue weighted by Gasteiger charge is 2.26. The molecular weight excluding hydrogens is 462 g/mol. The van der Waals surface area contributed by atoms with Crippen molar-refractivity contribution in [2.24, 2.45) is 0 Å². The van der Waals surface area contributed by atoms with E-state index < -0.39 is 32.5 Å². The van der Waals surface area contributed by atoms with Crippen molar-refractivity contribution < 1.29 is 21.6 Å². The van der Waals surface area contributed by atoms with Gasteiger partial charge in [0.1, 0.15) is 6.54 Å². The molecular formula is C20H24ClN3O5S2. The first kappa shape index (κ1) is 23.5. The van der Waals surface area contributed by atoms with Gasteiger partial charge in [-0.2, -0.15) is 4.31 Å². The number of carbonyl (C=O) groups excluding carboxylic acids is 1. The Morgan fingerprint density at radius 1 is 1.00 bits per heavy atom. The number of nitrogens with zero attached hydrogens (tertiary/aromatic N) is 2. The molecule has 1 aliphatic rings. The molecule has 0 radical (unpaired) electrons. The van der Waals surface area contributed by atoms with E-state index in [0.29, 0.717) is 18.8 Å². The number of amides is 1. The van der Waals surface area contributed by atoms with Crippen LogP contribution in [0.3, 0.4) is 0 Å². The van der Waals surface area contributed by atoms with Crippen LogP contribution in [-0.4, -0.2) is 52.9 Å². The Kier molecular flexibility index (Phi) is 7.25. The fraction of sp³-hybridized carbons (Fsp3) is 0.350. The molecule has 31 heavy (non-hydrogen) atoms. The highest BCUT2D eigenvalue weighted by atomic mass is 35.5. The van der Waals surface area contributed by atoms with Gasteiger partial charge in [0.2, 0.25) is 26.0 Å². The van der Waals surface area contributed by atoms with Crippen molar-refractivity contribution in [3.05, 3.63) is 53.6 Å². The van der Waals surface area contributed by atoms with Crippen LogP contribution in [-0.2, 0) is 24.8 Å². The lowest BCUT2D eigenvalue weighted by atomic mass is 10.2. The molecule has 11 heteroatoms. The number of nitrogens with one attached hydrogen (secondary N) is 1. The summed E-state index contributed by atoms with van der Waals surface area (Å²) in [4.78, 5) is 12.7. The molecule has 0 atom stereocenters. The van der Waals surface area contributed by atoms with Crippen molar-refractivity contribution in [3.8, 4) is 0 Å². The minimum absolute atomic E-state index is 0.154. The molecule has 0 aromatic heterocycles. The van der Waals surface area contributed by atoms with Crippen molar-refractivity contribution >= 4 is 48.9 Å². The second-order valence-corrected chi connectivity index (χ2v) is 11.5. The van der Waals surface area contributed by atoms with Gasteiger partial charge in [-0.1, -0.05) is 30.2 Å². The number of hydrogen-bond acceptors (Lipinski definition) is 5. The number of benzene rings is 2. The molecule has 0 spiro atoms. The number of piperidine rings is 1. The summed E-state index contributed by atoms with van der Waals surface area (Å²) in [7, 11) is -7.33. The van der Waals surface area contributed by atoms with Crippen LogP contribution in [0, 0.1) is 0 Å². The Hall–Kier alpha value is -2.14. The largest absolute Gasteiger partial charge is 0.325 e. The number of sulfonamides is 2. The molecule has 1 saturated heterocycles. The summed E-state index contributed by atoms with van der Waals surface area (Å²) in [6, 6.07) is 12.2. The Bertz CT molecular complexity index is 1150. The van der Waals surface area contributed by atoms with E-state index >= 15 is 0 Å². The van der Waals surface area contributed by atoms with E-state index in [1.54, 1.807) is 12.1 Å². The van der Waals surface area contributed by atoms with E-state index in [2.05, 4.69) is 5.32 Å². The highest BCUT2D eigenvalue weighted by Crippen LogP contribution is 2.27. The Balaban J connectivity index is 1.72. The maximum absolute atomic E-state index is 12.7. The van der Waals surface area contributed by atoms with Gasteiger partial charge in [-0.25, -0.2) is 16.8 Å². The second kappa shape index (κ2) is 9.56. The first-order chi connectivity index (χ1) is 14.6. The summed E-state index contributed by atoms with van der Waals surface area (Å²) in [5, 5.41) is 2.80. The zero-order chi connectivity index (χ0) is 22.6. The number of para-hydroxylation sites is 1. The topological polar surface area (TPSA) is 104 Å². The van der Waals surface area contributed by atoms with E-state index in [4.69, 9.17) is 11.6 Å². The van der Waals surface area contributed by atoms with Crippen molar-refractivity contribution in [2.75, 3.05) is 35.5 Å². The van der Waals surface area contributed by atoms with Crippen molar-refractivity contribution in [3.63, 3.8) is 0 Å². The molecule has 0 bridgehead atoms. The second-order valence-electron chi connectivity index (χ2n) is 7.26. The predicted octanol–water partition coefficient (Wildman–Crippen LogP) is 2.92. The smallest absolute Gasteiger partial charge is 0.245 e. The number of rotatable bonds is 7. The third kappa shape index (κ3) is 5.76. The maximum atomic E-state index is 12.7. The first-order valence-electron chi connectivity index (χ1n) is 9.71. The van der Waals surface area contributed by atoms with Gasteiger partial charge in [-0.3, -0.25) is 9.10 Å². The van der Waals surface area contributed by atoms with E-state index in [1.165, 1.54) is 40.7 Å². The van der Waals surface area contributed by atoms with Crippen molar-refractivity contribution in [1.82, 2.24) is 4.31 Å². The number of anilines is 2. The number of hydrogen-bond donors (Lipinski definition) is 1. The Labute approximate surface area is 187 Å². The Morgan fingerprint density at radius 2 is 1.61 bits per heavy atom. The molecule has 1 N–H and O–H groups in total. The lowest BCUT2D eigenvalue weighted by Gasteiger charge is -2.26. The average Bonchev–Trinajstić information content (AvgIpc) is 2.73. The molecule has 1 amide bonds. The molecule has 2 aromatic rings. The fourth-order valence-corrected chi connectivity index (χ4v) is 6.00. The molecule has 0 aliphatic carbocycles. The van der Waals surface area contributed by atoms with Crippen LogP contribution in [0.5, 0.6) is 0 Å². The van der Waals surface area contributed by atoms with Crippen LogP contribution in [0.25, 0.3) is 0 Å². The molecule has 3 rings (SSSR count). The minimum Gasteiger partial charge on any atom is -0.325 e. The summed E-state index contributed by atoms with van der Waals surface area (Å²) in [5.41, 5.74) is 0.556. The molecule has 1 fully saturated rings. The number of halogens is 1. The van der Waals surface area contributed by atoms with E-state index in [0.717, 1.165) is 29.8 Å². The highest BCUT2D eigenvalue weighted by molar-refractivity contribution is 7.92. The van der Waals surface area contributed by atoms with Gasteiger partial charge in [0.25, 0.3) is 0 Å². The average molecular weight is 486 g/mol. The zero-order valence-electron chi connectivity index (χ0n) is 17.0. The van der Waals surface area contributed by atoms with Crippen LogP contribution >= 0.6 is 11.6 Å². The Morgan fingerprint density at radius 3 is 2.19 bits per heavy atom. The van der Waals surface area contributed by atoms with Crippen LogP contribution in [0.15, 0.2) is 53.4 Å². The van der Waals surface area contributed by atoms with Gasteiger partial charge < -0.3 is 5.32 Å². The van der Waals surface area contributed by atoms with Crippen LogP contribution in [0.4, 0.5) is 11.4 Å². The quantitative estimate of drug-likeness (QED) is 0.649. The van der Waals surface area contributed by atoms with E-state index in [-0.39, 0.29) is 15.6 Å². The third-order valence-electron chi connectivity index (χ3n) is 4.90. The van der Waals surface area contributed by atoms with Gasteiger partial charge in [-0.15, -0.1) is 0 Å². The van der Waals surface area contributed by atoms with Crippen molar-refractivity contribution in [2.45, 2.75) is 24.2 Å². The minimum atomic E-state index is -3.76. The molecule has 1 heterocycles. The summed E-state index contributed by atoms with van der Waals surface area (Å²) < 4.78 is 52.2. The van der Waals surface area contributed by atoms with Crippen LogP contribution in [0.2, 0.25) is 5.02 Å². The molecule has 1 aliphatic heterocycles. The van der Waals surface area contributed by atoms with Gasteiger partial charge in [0, 0.05) is 18.8 Å². The normalized spacial score (nSPS) is 15.4. The monoisotopic (exact) mass is 485 g/mol. The molecule has 0 saturated carbocycles. The standard InChI is InChI=1S/C20H24ClN3O5S2/c1-30(26,27)24(19-8-4-3-7-18(19)21)15-20(25)22-16-9-11-17(12-10-16)31(28,29)23-13-5-2-6-14-23/h3-4,7-12H,2,5-6,13-15H2,1H3,(H,22,25). The van der Waals surface area contributed by atoms with Gasteiger partial charge in [-0.05, 0) is 49.2 Å². The van der Waals surface area contributed by atoms with Crippen molar-refractivity contribution in [1.29, 1.82) is 0 Å². The summed E-state index contributed by atoms with van der Waals surface area (Å²) in [6.45, 7) is 0.533. The predicted molar refractivity (Wildman–Crippen MR) is 121 cm³/mol. The van der Waals surface area contributed by atoms with Gasteiger partial charge in [0.15, 0.2) is 0 Å². The first-order valence-corrected chi connectivity index (χ1v) is 13.4. The summed E-state index contributed by atoms with van der Waals surface area (Å²) in [6.07, 6.45) is 3.70. The fourth-order valence-electron chi connectivity index (χ4n) is 3.33. The lowest BCUT2D eigenvalue weighted by molar-refractivity contribution is -0.114. The number of carbonyl (C=O) groups is 1. The van der Waals surface area contributed by atoms with Crippen LogP contribution in [0.1, 0.15) is 19.3 Å². The SMILES string of the molecule is CS(=O)(=O)N(CC(=O)Nc1ccc(S(=O)(=O)N2CCCCC2)cc1)c1ccccc1Cl. The third-order valence-corrected chi connectivity index (χ3v) is 8.26. The zero-order valence-corrected chi connectivity index (χ0v) is 19.4. The summed E-state index contributed by atoms with van der Waals surface area (Å²) in [5.74, 6) is -0.586. The molecule has 168 valence electrons. The van der Waals surface area contributed by atoms with Gasteiger partial charge in [0.05, 0.1) is 21.9 Å². The maximum Gasteiger partial charge on any atom is 0.245 e. The summed E-state index contributed by atoms with van der Waals surface area (Å²) >= 11 is 6.09. The molecule has 0 unspecified atom stereocenters. The molecule has 2 aromatic carbocycles. The van der Waals surface area contributed by atoms with Gasteiger partial charge >= 0.3 is 0 Å².